The van der Waals surface area contributed by atoms with E-state index in [2.05, 4.69) is 10.1 Å². The zero-order chi connectivity index (χ0) is 17.9. The summed E-state index contributed by atoms with van der Waals surface area (Å²) in [5, 5.41) is 3.39. The molecule has 1 aromatic carbocycles. The number of hydrogen-bond acceptors (Lipinski definition) is 3. The lowest BCUT2D eigenvalue weighted by molar-refractivity contribution is -0.274. The Morgan fingerprint density at radius 3 is 2.52 bits per heavy atom. The normalized spacial score (nSPS) is 24.2. The van der Waals surface area contributed by atoms with Gasteiger partial charge in [0.25, 0.3) is 0 Å². The second-order valence-corrected chi connectivity index (χ2v) is 6.53. The first-order valence-electron chi connectivity index (χ1n) is 8.44. The maximum absolute atomic E-state index is 12.4. The lowest BCUT2D eigenvalue weighted by Crippen LogP contribution is -2.31. The molecule has 1 aromatic rings. The Morgan fingerprint density at radius 2 is 1.88 bits per heavy atom. The Balaban J connectivity index is 1.59. The fourth-order valence-corrected chi connectivity index (χ4v) is 3.53. The number of carbonyl (C=O) groups excluding carboxylic acids is 1. The van der Waals surface area contributed by atoms with Crippen LogP contribution < -0.4 is 10.1 Å². The van der Waals surface area contributed by atoms with E-state index in [9.17, 15) is 18.0 Å². The number of carbonyl (C=O) groups is 1. The van der Waals surface area contributed by atoms with Crippen LogP contribution in [-0.4, -0.2) is 43.3 Å². The largest absolute Gasteiger partial charge is 0.573 e. The third-order valence-electron chi connectivity index (χ3n) is 4.84. The molecule has 7 heteroatoms. The Hall–Kier alpha value is -2.02. The van der Waals surface area contributed by atoms with Gasteiger partial charge in [0.15, 0.2) is 0 Å². The third kappa shape index (κ3) is 4.98. The quantitative estimate of drug-likeness (QED) is 0.849. The molecule has 4 nitrogen and oxygen atoms in total. The Labute approximate surface area is 144 Å². The van der Waals surface area contributed by atoms with Gasteiger partial charge in [0, 0.05) is 19.2 Å². The van der Waals surface area contributed by atoms with Crippen molar-refractivity contribution >= 4 is 12.0 Å². The molecule has 0 aliphatic carbocycles. The van der Waals surface area contributed by atoms with E-state index in [0.29, 0.717) is 17.4 Å². The lowest BCUT2D eigenvalue weighted by atomic mass is 9.92. The number of benzene rings is 1. The van der Waals surface area contributed by atoms with Crippen molar-refractivity contribution < 1.29 is 22.7 Å². The molecule has 0 aromatic heterocycles. The van der Waals surface area contributed by atoms with E-state index >= 15 is 0 Å². The number of ether oxygens (including phenoxy) is 1. The van der Waals surface area contributed by atoms with Crippen molar-refractivity contribution in [3.05, 3.63) is 35.9 Å². The van der Waals surface area contributed by atoms with Crippen LogP contribution in [0.1, 0.15) is 18.4 Å². The average Bonchev–Trinajstić information content (AvgIpc) is 2.90. The monoisotopic (exact) mass is 354 g/mol. The average molecular weight is 354 g/mol. The van der Waals surface area contributed by atoms with Crippen molar-refractivity contribution in [2.75, 3.05) is 26.2 Å². The van der Waals surface area contributed by atoms with Gasteiger partial charge in [-0.1, -0.05) is 12.1 Å². The van der Waals surface area contributed by atoms with Crippen LogP contribution in [0.15, 0.2) is 30.3 Å². The molecule has 2 aliphatic rings. The van der Waals surface area contributed by atoms with Crippen LogP contribution in [-0.2, 0) is 4.79 Å². The minimum atomic E-state index is -4.73. The molecule has 0 unspecified atom stereocenters. The molecule has 1 amide bonds. The van der Waals surface area contributed by atoms with Gasteiger partial charge in [0.05, 0.1) is 0 Å². The van der Waals surface area contributed by atoms with E-state index in [-0.39, 0.29) is 11.7 Å². The first-order chi connectivity index (χ1) is 11.9. The van der Waals surface area contributed by atoms with Crippen LogP contribution in [0.4, 0.5) is 13.2 Å². The van der Waals surface area contributed by atoms with E-state index in [1.54, 1.807) is 6.07 Å². The van der Waals surface area contributed by atoms with Gasteiger partial charge in [-0.05, 0) is 61.5 Å². The van der Waals surface area contributed by atoms with Crippen molar-refractivity contribution in [1.82, 2.24) is 10.2 Å². The number of amides is 1. The number of likely N-dealkylation sites (tertiary alicyclic amines) is 1. The number of halogens is 3. The van der Waals surface area contributed by atoms with Gasteiger partial charge in [-0.3, -0.25) is 4.79 Å². The maximum Gasteiger partial charge on any atom is 0.573 e. The topological polar surface area (TPSA) is 41.6 Å². The van der Waals surface area contributed by atoms with Crippen LogP contribution in [0, 0.1) is 11.8 Å². The second-order valence-electron chi connectivity index (χ2n) is 6.53. The van der Waals surface area contributed by atoms with Gasteiger partial charge in [-0.15, -0.1) is 13.2 Å². The molecule has 2 saturated heterocycles. The summed E-state index contributed by atoms with van der Waals surface area (Å²) in [5.41, 5.74) is 0.492. The van der Waals surface area contributed by atoms with Gasteiger partial charge in [-0.25, -0.2) is 0 Å². The summed E-state index contributed by atoms with van der Waals surface area (Å²) in [7, 11) is 0. The highest BCUT2D eigenvalue weighted by Gasteiger charge is 2.31. The second kappa shape index (κ2) is 7.47. The van der Waals surface area contributed by atoms with Crippen molar-refractivity contribution in [2.24, 2.45) is 11.8 Å². The highest BCUT2D eigenvalue weighted by molar-refractivity contribution is 5.91. The van der Waals surface area contributed by atoms with E-state index in [1.807, 2.05) is 4.90 Å². The minimum absolute atomic E-state index is 0.102. The fraction of sp³-hybridized carbons (Fsp3) is 0.500. The van der Waals surface area contributed by atoms with Crippen LogP contribution in [0.3, 0.4) is 0 Å². The molecule has 2 atom stereocenters. The lowest BCUT2D eigenvalue weighted by Gasteiger charge is -2.19. The van der Waals surface area contributed by atoms with Crippen LogP contribution in [0.5, 0.6) is 5.75 Å². The first-order valence-corrected chi connectivity index (χ1v) is 8.44. The molecule has 0 bridgehead atoms. The van der Waals surface area contributed by atoms with Gasteiger partial charge in [0.1, 0.15) is 5.75 Å². The third-order valence-corrected chi connectivity index (χ3v) is 4.84. The summed E-state index contributed by atoms with van der Waals surface area (Å²) in [4.78, 5) is 14.2. The summed E-state index contributed by atoms with van der Waals surface area (Å²) < 4.78 is 40.7. The number of fused-ring (bicyclic) bond motifs is 1. The minimum Gasteiger partial charge on any atom is -0.406 e. The summed E-state index contributed by atoms with van der Waals surface area (Å²) in [5.74, 6) is 0.878. The van der Waals surface area contributed by atoms with Crippen molar-refractivity contribution in [1.29, 1.82) is 0 Å². The van der Waals surface area contributed by atoms with E-state index in [0.717, 1.165) is 39.0 Å². The number of hydrogen-bond donors (Lipinski definition) is 1. The summed E-state index contributed by atoms with van der Waals surface area (Å²) in [6.45, 7) is 3.50. The smallest absolute Gasteiger partial charge is 0.406 e. The summed E-state index contributed by atoms with van der Waals surface area (Å²) in [6, 6.07) is 5.58. The number of nitrogens with zero attached hydrogens (tertiary/aromatic N) is 1. The Morgan fingerprint density at radius 1 is 1.20 bits per heavy atom. The van der Waals surface area contributed by atoms with Crippen LogP contribution in [0.2, 0.25) is 0 Å². The van der Waals surface area contributed by atoms with E-state index in [4.69, 9.17) is 0 Å². The molecule has 0 radical (unpaired) electrons. The number of nitrogens with one attached hydrogen (secondary N) is 1. The van der Waals surface area contributed by atoms with Gasteiger partial charge < -0.3 is 15.0 Å². The van der Waals surface area contributed by atoms with Crippen LogP contribution >= 0.6 is 0 Å². The van der Waals surface area contributed by atoms with Crippen molar-refractivity contribution in [3.8, 4) is 5.75 Å². The van der Waals surface area contributed by atoms with Gasteiger partial charge in [-0.2, -0.15) is 0 Å². The summed E-state index contributed by atoms with van der Waals surface area (Å²) >= 11 is 0. The predicted octanol–water partition coefficient (Wildman–Crippen LogP) is 3.06. The number of alkyl halides is 3. The van der Waals surface area contributed by atoms with Crippen molar-refractivity contribution in [3.63, 3.8) is 0 Å². The van der Waals surface area contributed by atoms with Crippen molar-refractivity contribution in [2.45, 2.75) is 19.2 Å². The van der Waals surface area contributed by atoms with E-state index < -0.39 is 6.36 Å². The molecule has 136 valence electrons. The molecule has 25 heavy (non-hydrogen) atoms. The Bertz CT molecular complexity index is 631. The highest BCUT2D eigenvalue weighted by atomic mass is 19.4. The highest BCUT2D eigenvalue weighted by Crippen LogP contribution is 2.27. The maximum atomic E-state index is 12.4. The molecule has 2 aliphatic heterocycles. The predicted molar refractivity (Wildman–Crippen MR) is 87.8 cm³/mol. The SMILES string of the molecule is O=C(/C=C/c1cccc(OC(F)(F)F)c1)N1CC[C@@H]2CNC[C@@H]2CC1. The molecule has 0 saturated carbocycles. The first kappa shape index (κ1) is 17.8. The number of rotatable bonds is 3. The zero-order valence-electron chi connectivity index (χ0n) is 13.8. The molecule has 2 fully saturated rings. The molecular formula is C18H21F3N2O2. The molecule has 3 rings (SSSR count). The van der Waals surface area contributed by atoms with Crippen LogP contribution in [0.25, 0.3) is 6.08 Å². The molecule has 0 spiro atoms. The molecular weight excluding hydrogens is 333 g/mol. The molecule has 1 N–H and O–H groups in total. The zero-order valence-corrected chi connectivity index (χ0v) is 13.8. The standard InChI is InChI=1S/C18H21F3N2O2/c19-18(20,21)25-16-3-1-2-13(10-16)4-5-17(24)23-8-6-14-11-22-12-15(14)7-9-23/h1-5,10,14-15,22H,6-9,11-12H2/b5-4+/t14-,15+. The summed E-state index contributed by atoms with van der Waals surface area (Å²) in [6.07, 6.45) is 0.209. The van der Waals surface area contributed by atoms with Gasteiger partial charge >= 0.3 is 6.36 Å². The van der Waals surface area contributed by atoms with E-state index in [1.165, 1.54) is 30.4 Å². The van der Waals surface area contributed by atoms with Gasteiger partial charge in [0.2, 0.25) is 5.91 Å². The molecule has 2 heterocycles. The fourth-order valence-electron chi connectivity index (χ4n) is 3.53. The Kier molecular flexibility index (Phi) is 5.32.